The van der Waals surface area contributed by atoms with Gasteiger partial charge in [0, 0.05) is 16.6 Å². The van der Waals surface area contributed by atoms with Crippen molar-refractivity contribution < 1.29 is 0 Å². The lowest BCUT2D eigenvalue weighted by Crippen LogP contribution is -2.16. The molecule has 1 aliphatic carbocycles. The average Bonchev–Trinajstić information content (AvgIpc) is 2.49. The summed E-state index contributed by atoms with van der Waals surface area (Å²) in [6.07, 6.45) is 3.13. The van der Waals surface area contributed by atoms with Gasteiger partial charge in [-0.15, -0.1) is 0 Å². The lowest BCUT2D eigenvalue weighted by molar-refractivity contribution is 0.949. The molecule has 2 rings (SSSR count). The van der Waals surface area contributed by atoms with E-state index in [1.54, 1.807) is 0 Å². The van der Waals surface area contributed by atoms with Crippen LogP contribution in [0.15, 0.2) is 24.3 Å². The van der Waals surface area contributed by atoms with E-state index in [4.69, 9.17) is 17.3 Å². The maximum atomic E-state index is 6.11. The highest BCUT2D eigenvalue weighted by molar-refractivity contribution is 6.32. The molecule has 0 radical (unpaired) electrons. The van der Waals surface area contributed by atoms with Crippen molar-refractivity contribution in [2.24, 2.45) is 5.73 Å². The summed E-state index contributed by atoms with van der Waals surface area (Å²) in [6.45, 7) is 1.99. The first-order valence-electron chi connectivity index (χ1n) is 4.43. The van der Waals surface area contributed by atoms with E-state index in [0.717, 1.165) is 17.0 Å². The molecular weight excluding hydrogens is 182 g/mol. The van der Waals surface area contributed by atoms with Crippen LogP contribution in [0, 0.1) is 0 Å². The summed E-state index contributed by atoms with van der Waals surface area (Å²) in [5.41, 5.74) is 9.48. The minimum absolute atomic E-state index is 0.0705. The van der Waals surface area contributed by atoms with Crippen molar-refractivity contribution in [3.05, 3.63) is 40.4 Å². The predicted octanol–water partition coefficient (Wildman–Crippen LogP) is 2.63. The van der Waals surface area contributed by atoms with E-state index in [1.807, 2.05) is 19.1 Å². The van der Waals surface area contributed by atoms with Crippen LogP contribution >= 0.6 is 11.6 Å². The molecule has 0 spiro atoms. The van der Waals surface area contributed by atoms with Gasteiger partial charge in [0.25, 0.3) is 0 Å². The highest BCUT2D eigenvalue weighted by Gasteiger charge is 2.18. The van der Waals surface area contributed by atoms with Crippen molar-refractivity contribution in [2.75, 3.05) is 0 Å². The number of benzene rings is 1. The molecule has 0 heterocycles. The van der Waals surface area contributed by atoms with Crippen LogP contribution in [-0.4, -0.2) is 6.04 Å². The van der Waals surface area contributed by atoms with Crippen molar-refractivity contribution in [1.82, 2.24) is 0 Å². The van der Waals surface area contributed by atoms with Crippen molar-refractivity contribution in [3.63, 3.8) is 0 Å². The standard InChI is InChI=1S/C11H12ClN/c1-7(13)9-6-5-8-3-2-4-10(12)11(8)9/h2-4,6-7H,5,13H2,1H3. The quantitative estimate of drug-likeness (QED) is 0.729. The zero-order valence-electron chi connectivity index (χ0n) is 7.55. The van der Waals surface area contributed by atoms with Gasteiger partial charge in [0.15, 0.2) is 0 Å². The Hall–Kier alpha value is -0.790. The Morgan fingerprint density at radius 3 is 2.92 bits per heavy atom. The normalized spacial score (nSPS) is 16.7. The molecule has 0 saturated heterocycles. The molecule has 2 N–H and O–H groups in total. The van der Waals surface area contributed by atoms with Crippen LogP contribution in [0.4, 0.5) is 0 Å². The van der Waals surface area contributed by atoms with E-state index in [0.29, 0.717) is 0 Å². The molecular formula is C11H12ClN. The highest BCUT2D eigenvalue weighted by atomic mass is 35.5. The zero-order chi connectivity index (χ0) is 9.42. The largest absolute Gasteiger partial charge is 0.324 e. The van der Waals surface area contributed by atoms with Crippen LogP contribution in [0.3, 0.4) is 0 Å². The number of hydrogen-bond donors (Lipinski definition) is 1. The maximum absolute atomic E-state index is 6.11. The van der Waals surface area contributed by atoms with Crippen LogP contribution < -0.4 is 5.73 Å². The van der Waals surface area contributed by atoms with Gasteiger partial charge in [0.05, 0.1) is 0 Å². The van der Waals surface area contributed by atoms with E-state index < -0.39 is 0 Å². The van der Waals surface area contributed by atoms with Gasteiger partial charge in [0.1, 0.15) is 0 Å². The fraction of sp³-hybridized carbons (Fsp3) is 0.273. The van der Waals surface area contributed by atoms with Crippen molar-refractivity contribution in [1.29, 1.82) is 0 Å². The monoisotopic (exact) mass is 193 g/mol. The van der Waals surface area contributed by atoms with E-state index in [-0.39, 0.29) is 6.04 Å². The van der Waals surface area contributed by atoms with Gasteiger partial charge in [-0.05, 0) is 30.5 Å². The first-order chi connectivity index (χ1) is 6.20. The van der Waals surface area contributed by atoms with Gasteiger partial charge in [-0.3, -0.25) is 0 Å². The molecule has 1 aliphatic rings. The van der Waals surface area contributed by atoms with Crippen LogP contribution in [0.5, 0.6) is 0 Å². The number of halogens is 1. The minimum Gasteiger partial charge on any atom is -0.324 e. The average molecular weight is 194 g/mol. The molecule has 1 aromatic rings. The predicted molar refractivity (Wildman–Crippen MR) is 56.8 cm³/mol. The van der Waals surface area contributed by atoms with Gasteiger partial charge in [-0.25, -0.2) is 0 Å². The maximum Gasteiger partial charge on any atom is 0.0484 e. The molecule has 2 heteroatoms. The molecule has 1 nitrogen and oxygen atoms in total. The van der Waals surface area contributed by atoms with Crippen LogP contribution in [-0.2, 0) is 6.42 Å². The third-order valence-electron chi connectivity index (χ3n) is 2.42. The molecule has 0 bridgehead atoms. The van der Waals surface area contributed by atoms with Gasteiger partial charge in [-0.1, -0.05) is 29.8 Å². The highest BCUT2D eigenvalue weighted by Crippen LogP contribution is 2.34. The summed E-state index contributed by atoms with van der Waals surface area (Å²) in [5, 5.41) is 0.818. The van der Waals surface area contributed by atoms with E-state index in [2.05, 4.69) is 12.1 Å². The van der Waals surface area contributed by atoms with E-state index in [9.17, 15) is 0 Å². The Labute approximate surface area is 83.2 Å². The zero-order valence-corrected chi connectivity index (χ0v) is 8.31. The molecule has 1 aromatic carbocycles. The van der Waals surface area contributed by atoms with Gasteiger partial charge < -0.3 is 5.73 Å². The number of rotatable bonds is 1. The SMILES string of the molecule is CC(N)C1=CCc2cccc(Cl)c21. The molecule has 0 amide bonds. The fourth-order valence-corrected chi connectivity index (χ4v) is 2.10. The first-order valence-corrected chi connectivity index (χ1v) is 4.81. The molecule has 1 unspecified atom stereocenters. The second-order valence-electron chi connectivity index (χ2n) is 3.43. The Morgan fingerprint density at radius 2 is 2.23 bits per heavy atom. The summed E-state index contributed by atoms with van der Waals surface area (Å²) in [6, 6.07) is 6.08. The molecule has 13 heavy (non-hydrogen) atoms. The summed E-state index contributed by atoms with van der Waals surface area (Å²) in [4.78, 5) is 0. The molecule has 1 atom stereocenters. The number of allylic oxidation sites excluding steroid dienone is 1. The number of hydrogen-bond acceptors (Lipinski definition) is 1. The van der Waals surface area contributed by atoms with Crippen LogP contribution in [0.2, 0.25) is 5.02 Å². The molecule has 0 aliphatic heterocycles. The minimum atomic E-state index is 0.0705. The van der Waals surface area contributed by atoms with E-state index >= 15 is 0 Å². The second-order valence-corrected chi connectivity index (χ2v) is 3.83. The number of fused-ring (bicyclic) bond motifs is 1. The Balaban J connectivity index is 2.54. The molecule has 68 valence electrons. The fourth-order valence-electron chi connectivity index (χ4n) is 1.80. The van der Waals surface area contributed by atoms with Gasteiger partial charge in [0.2, 0.25) is 0 Å². The second kappa shape index (κ2) is 3.17. The topological polar surface area (TPSA) is 26.0 Å². The summed E-state index contributed by atoms with van der Waals surface area (Å²) in [7, 11) is 0. The summed E-state index contributed by atoms with van der Waals surface area (Å²) >= 11 is 6.11. The van der Waals surface area contributed by atoms with Crippen LogP contribution in [0.1, 0.15) is 18.1 Å². The third-order valence-corrected chi connectivity index (χ3v) is 2.74. The molecule has 0 saturated carbocycles. The molecule has 0 aromatic heterocycles. The Kier molecular flexibility index (Phi) is 2.14. The van der Waals surface area contributed by atoms with Crippen LogP contribution in [0.25, 0.3) is 5.57 Å². The van der Waals surface area contributed by atoms with Crippen molar-refractivity contribution >= 4 is 17.2 Å². The van der Waals surface area contributed by atoms with Crippen molar-refractivity contribution in [3.8, 4) is 0 Å². The van der Waals surface area contributed by atoms with Gasteiger partial charge >= 0.3 is 0 Å². The van der Waals surface area contributed by atoms with Crippen molar-refractivity contribution in [2.45, 2.75) is 19.4 Å². The Bertz CT molecular complexity index is 366. The Morgan fingerprint density at radius 1 is 1.46 bits per heavy atom. The lowest BCUT2D eigenvalue weighted by Gasteiger charge is -2.10. The first kappa shape index (κ1) is 8.79. The number of nitrogens with two attached hydrogens (primary N) is 1. The van der Waals surface area contributed by atoms with E-state index in [1.165, 1.54) is 11.1 Å². The summed E-state index contributed by atoms with van der Waals surface area (Å²) in [5.74, 6) is 0. The third kappa shape index (κ3) is 1.38. The van der Waals surface area contributed by atoms with Gasteiger partial charge in [-0.2, -0.15) is 0 Å². The smallest absolute Gasteiger partial charge is 0.0484 e. The lowest BCUT2D eigenvalue weighted by atomic mass is 10.0. The molecule has 0 fully saturated rings. The summed E-state index contributed by atoms with van der Waals surface area (Å²) < 4.78 is 0.